The first-order valence-corrected chi connectivity index (χ1v) is 14.6. The van der Waals surface area contributed by atoms with E-state index in [0.29, 0.717) is 35.2 Å². The summed E-state index contributed by atoms with van der Waals surface area (Å²) < 4.78 is 12.2. The van der Waals surface area contributed by atoms with Crippen LogP contribution in [0.2, 0.25) is 0 Å². The van der Waals surface area contributed by atoms with Crippen LogP contribution in [0, 0.1) is 46.3 Å². The van der Waals surface area contributed by atoms with Gasteiger partial charge in [0.1, 0.15) is 11.5 Å². The molecule has 4 bridgehead atoms. The third-order valence-corrected chi connectivity index (χ3v) is 12.0. The number of carbonyl (C=O) groups excluding carboxylic acids is 2. The highest BCUT2D eigenvalue weighted by atomic mass is 16.5. The number of esters is 2. The molecule has 0 amide bonds. The van der Waals surface area contributed by atoms with Gasteiger partial charge in [-0.1, -0.05) is 25.0 Å². The fraction of sp³-hybridized carbons (Fsp3) is 0.625. The zero-order valence-corrected chi connectivity index (χ0v) is 21.0. The number of hydrogen-bond donors (Lipinski definition) is 0. The zero-order chi connectivity index (χ0) is 24.1. The quantitative estimate of drug-likeness (QED) is 0.344. The Morgan fingerprint density at radius 2 is 1.11 bits per heavy atom. The summed E-state index contributed by atoms with van der Waals surface area (Å²) in [6.45, 7) is 0. The van der Waals surface area contributed by atoms with Crippen LogP contribution in [0.25, 0.3) is 10.8 Å². The van der Waals surface area contributed by atoms with Gasteiger partial charge in [-0.05, 0) is 135 Å². The smallest absolute Gasteiger partial charge is 0.318 e. The first kappa shape index (κ1) is 21.7. The van der Waals surface area contributed by atoms with Gasteiger partial charge in [0.15, 0.2) is 0 Å². The van der Waals surface area contributed by atoms with Crippen LogP contribution in [-0.4, -0.2) is 11.9 Å². The minimum absolute atomic E-state index is 0.0123. The van der Waals surface area contributed by atoms with E-state index in [-0.39, 0.29) is 22.8 Å². The van der Waals surface area contributed by atoms with Crippen LogP contribution >= 0.6 is 0 Å². The molecule has 6 fully saturated rings. The number of hydrogen-bond acceptors (Lipinski definition) is 4. The highest BCUT2D eigenvalue weighted by Crippen LogP contribution is 2.67. The van der Waals surface area contributed by atoms with Crippen molar-refractivity contribution >= 4 is 22.7 Å². The largest absolute Gasteiger partial charge is 0.426 e. The fourth-order valence-electron chi connectivity index (χ4n) is 10.7. The molecule has 0 N–H and O–H groups in total. The minimum atomic E-state index is -0.229. The Hall–Kier alpha value is -2.36. The van der Waals surface area contributed by atoms with Crippen LogP contribution in [0.1, 0.15) is 77.0 Å². The number of carbonyl (C=O) groups is 2. The second-order valence-electron chi connectivity index (χ2n) is 13.1. The molecule has 0 spiro atoms. The molecule has 0 heterocycles. The van der Waals surface area contributed by atoms with Crippen molar-refractivity contribution in [3.05, 3.63) is 36.4 Å². The summed E-state index contributed by atoms with van der Waals surface area (Å²) in [6.07, 6.45) is 14.2. The summed E-state index contributed by atoms with van der Waals surface area (Å²) in [5.41, 5.74) is -0.458. The predicted octanol–water partition coefficient (Wildman–Crippen LogP) is 7.08. The van der Waals surface area contributed by atoms with E-state index in [1.807, 2.05) is 36.4 Å². The van der Waals surface area contributed by atoms with Gasteiger partial charge in [0.05, 0.1) is 10.8 Å². The highest BCUT2D eigenvalue weighted by molar-refractivity contribution is 5.88. The summed E-state index contributed by atoms with van der Waals surface area (Å²) >= 11 is 0. The molecule has 8 unspecified atom stereocenters. The van der Waals surface area contributed by atoms with Crippen LogP contribution in [0.3, 0.4) is 0 Å². The van der Waals surface area contributed by atoms with E-state index in [0.717, 1.165) is 48.3 Å². The molecule has 2 aromatic rings. The van der Waals surface area contributed by atoms with E-state index in [1.54, 1.807) is 0 Å². The van der Waals surface area contributed by atoms with Crippen molar-refractivity contribution in [1.29, 1.82) is 0 Å². The second-order valence-corrected chi connectivity index (χ2v) is 13.1. The Balaban J connectivity index is 1.01. The number of fused-ring (bicyclic) bond motifs is 11. The maximum atomic E-state index is 13.5. The summed E-state index contributed by atoms with van der Waals surface area (Å²) in [7, 11) is 0. The predicted molar refractivity (Wildman–Crippen MR) is 136 cm³/mol. The third-order valence-electron chi connectivity index (χ3n) is 12.0. The Kier molecular flexibility index (Phi) is 4.57. The van der Waals surface area contributed by atoms with Crippen LogP contribution in [0.4, 0.5) is 0 Å². The van der Waals surface area contributed by atoms with Crippen LogP contribution in [-0.2, 0) is 9.59 Å². The summed E-state index contributed by atoms with van der Waals surface area (Å²) in [4.78, 5) is 27.0. The molecule has 6 saturated carbocycles. The van der Waals surface area contributed by atoms with Gasteiger partial charge in [0.25, 0.3) is 0 Å². The summed E-state index contributed by atoms with van der Waals surface area (Å²) in [5.74, 6) is 4.89. The Bertz CT molecular complexity index is 1170. The van der Waals surface area contributed by atoms with Gasteiger partial charge in [-0.3, -0.25) is 9.59 Å². The number of benzene rings is 2. The summed E-state index contributed by atoms with van der Waals surface area (Å²) in [5, 5.41) is 2.01. The summed E-state index contributed by atoms with van der Waals surface area (Å²) in [6, 6.07) is 11.7. The average molecular weight is 485 g/mol. The van der Waals surface area contributed by atoms with E-state index in [2.05, 4.69) is 0 Å². The third kappa shape index (κ3) is 2.77. The Morgan fingerprint density at radius 3 is 1.58 bits per heavy atom. The van der Waals surface area contributed by atoms with Gasteiger partial charge >= 0.3 is 11.9 Å². The van der Waals surface area contributed by atoms with Crippen molar-refractivity contribution in [2.45, 2.75) is 77.0 Å². The minimum Gasteiger partial charge on any atom is -0.426 e. The molecule has 8 rings (SSSR count). The molecular weight excluding hydrogens is 448 g/mol. The lowest BCUT2D eigenvalue weighted by Gasteiger charge is -2.37. The SMILES string of the molecule is O=C(Oc1ccc2cc(OC(=O)C34CCCC3C3CCC4C3)ccc2c1)C12CCCC1C1CCC2C1. The van der Waals surface area contributed by atoms with Crippen LogP contribution in [0.5, 0.6) is 11.5 Å². The van der Waals surface area contributed by atoms with Crippen LogP contribution < -0.4 is 9.47 Å². The Labute approximate surface area is 213 Å². The first-order valence-electron chi connectivity index (χ1n) is 14.6. The molecule has 8 atom stereocenters. The van der Waals surface area contributed by atoms with E-state index in [4.69, 9.17) is 9.47 Å². The number of rotatable bonds is 4. The van der Waals surface area contributed by atoms with Crippen molar-refractivity contribution in [1.82, 2.24) is 0 Å². The van der Waals surface area contributed by atoms with Gasteiger partial charge in [-0.2, -0.15) is 0 Å². The molecule has 0 radical (unpaired) electrons. The monoisotopic (exact) mass is 484 g/mol. The molecular formula is C32H36O4. The zero-order valence-electron chi connectivity index (χ0n) is 21.0. The second kappa shape index (κ2) is 7.58. The fourth-order valence-corrected chi connectivity index (χ4v) is 10.7. The molecule has 2 aromatic carbocycles. The van der Waals surface area contributed by atoms with Gasteiger partial charge in [-0.15, -0.1) is 0 Å². The molecule has 0 saturated heterocycles. The molecule has 4 nitrogen and oxygen atoms in total. The van der Waals surface area contributed by atoms with Crippen molar-refractivity contribution in [2.75, 3.05) is 0 Å². The lowest BCUT2D eigenvalue weighted by Crippen LogP contribution is -2.42. The van der Waals surface area contributed by atoms with E-state index < -0.39 is 0 Å². The lowest BCUT2D eigenvalue weighted by molar-refractivity contribution is -0.152. The van der Waals surface area contributed by atoms with E-state index in [1.165, 1.54) is 51.4 Å². The van der Waals surface area contributed by atoms with Crippen molar-refractivity contribution in [3.8, 4) is 11.5 Å². The van der Waals surface area contributed by atoms with Crippen molar-refractivity contribution in [3.63, 3.8) is 0 Å². The van der Waals surface area contributed by atoms with E-state index in [9.17, 15) is 9.59 Å². The highest BCUT2D eigenvalue weighted by Gasteiger charge is 2.65. The topological polar surface area (TPSA) is 52.6 Å². The lowest BCUT2D eigenvalue weighted by atomic mass is 9.68. The molecule has 6 aliphatic rings. The first-order chi connectivity index (χ1) is 17.6. The molecule has 4 heteroatoms. The standard InChI is InChI=1S/C32H36O4/c33-29(31-13-1-3-27(31)21-5-9-23(31)15-21)35-25-11-7-20-18-26(12-8-19(20)17-25)36-30(34)32-14-2-4-28(32)22-6-10-24(32)16-22/h7-8,11-12,17-18,21-24,27-28H,1-6,9-10,13-16H2. The average Bonchev–Trinajstić information content (AvgIpc) is 3.71. The van der Waals surface area contributed by atoms with Crippen LogP contribution in [0.15, 0.2) is 36.4 Å². The van der Waals surface area contributed by atoms with Gasteiger partial charge in [0.2, 0.25) is 0 Å². The Morgan fingerprint density at radius 1 is 0.639 bits per heavy atom. The van der Waals surface area contributed by atoms with E-state index >= 15 is 0 Å². The number of ether oxygens (including phenoxy) is 2. The molecule has 36 heavy (non-hydrogen) atoms. The van der Waals surface area contributed by atoms with Gasteiger partial charge < -0.3 is 9.47 Å². The normalized spacial score (nSPS) is 41.6. The van der Waals surface area contributed by atoms with Gasteiger partial charge in [0, 0.05) is 0 Å². The molecule has 188 valence electrons. The molecule has 0 aliphatic heterocycles. The molecule has 6 aliphatic carbocycles. The van der Waals surface area contributed by atoms with Gasteiger partial charge in [-0.25, -0.2) is 0 Å². The maximum Gasteiger partial charge on any atom is 0.318 e. The van der Waals surface area contributed by atoms with Crippen molar-refractivity contribution in [2.24, 2.45) is 46.3 Å². The van der Waals surface area contributed by atoms with Crippen molar-refractivity contribution < 1.29 is 19.1 Å². The molecule has 0 aromatic heterocycles. The maximum absolute atomic E-state index is 13.5.